The highest BCUT2D eigenvalue weighted by Gasteiger charge is 2.37. The minimum absolute atomic E-state index is 0.420. The zero-order chi connectivity index (χ0) is 8.60. The van der Waals surface area contributed by atoms with Gasteiger partial charge in [0.2, 0.25) is 0 Å². The molecular formula is C8H12FN3. The number of rotatable bonds is 2. The molecule has 0 radical (unpaired) electrons. The molecule has 0 atom stereocenters. The van der Waals surface area contributed by atoms with Crippen LogP contribution in [0.2, 0.25) is 0 Å². The zero-order valence-electron chi connectivity index (χ0n) is 7.05. The van der Waals surface area contributed by atoms with E-state index >= 15 is 0 Å². The Morgan fingerprint density at radius 2 is 2.50 bits per heavy atom. The smallest absolute Gasteiger partial charge is 0.142 e. The number of aromatic nitrogens is 2. The maximum Gasteiger partial charge on any atom is 0.142 e. The van der Waals surface area contributed by atoms with Crippen molar-refractivity contribution in [2.45, 2.75) is 12.1 Å². The molecule has 1 aromatic heterocycles. The van der Waals surface area contributed by atoms with Crippen molar-refractivity contribution in [3.8, 4) is 0 Å². The van der Waals surface area contributed by atoms with Crippen molar-refractivity contribution in [3.63, 3.8) is 0 Å². The summed E-state index contributed by atoms with van der Waals surface area (Å²) in [7, 11) is 1.89. The Morgan fingerprint density at radius 1 is 1.75 bits per heavy atom. The zero-order valence-corrected chi connectivity index (χ0v) is 7.05. The van der Waals surface area contributed by atoms with E-state index < -0.39 is 5.67 Å². The summed E-state index contributed by atoms with van der Waals surface area (Å²) in [6, 6.07) is 0. The number of halogens is 1. The minimum atomic E-state index is -1.06. The van der Waals surface area contributed by atoms with Crippen LogP contribution in [0.3, 0.4) is 0 Å². The van der Waals surface area contributed by atoms with E-state index in [1.807, 2.05) is 17.8 Å². The number of alkyl halides is 1. The summed E-state index contributed by atoms with van der Waals surface area (Å²) >= 11 is 0. The lowest BCUT2D eigenvalue weighted by Crippen LogP contribution is -2.57. The molecule has 0 unspecified atom stereocenters. The van der Waals surface area contributed by atoms with Crippen LogP contribution in [0.1, 0.15) is 5.82 Å². The third-order valence-electron chi connectivity index (χ3n) is 2.28. The SMILES string of the molecule is Cn1ccnc1CC1(F)CNC1. The molecule has 4 heteroatoms. The molecular weight excluding hydrogens is 157 g/mol. The number of hydrogen-bond acceptors (Lipinski definition) is 2. The van der Waals surface area contributed by atoms with E-state index in [1.54, 1.807) is 6.20 Å². The quantitative estimate of drug-likeness (QED) is 0.689. The number of nitrogens with one attached hydrogen (secondary N) is 1. The summed E-state index contributed by atoms with van der Waals surface area (Å²) in [6.45, 7) is 0.916. The molecule has 1 N–H and O–H groups in total. The molecule has 1 aliphatic rings. The van der Waals surface area contributed by atoms with E-state index in [9.17, 15) is 4.39 Å². The van der Waals surface area contributed by atoms with E-state index in [0.717, 1.165) is 5.82 Å². The maximum atomic E-state index is 13.5. The van der Waals surface area contributed by atoms with E-state index in [0.29, 0.717) is 19.5 Å². The Morgan fingerprint density at radius 3 is 2.92 bits per heavy atom. The van der Waals surface area contributed by atoms with Gasteiger partial charge in [-0.15, -0.1) is 0 Å². The van der Waals surface area contributed by atoms with Crippen molar-refractivity contribution in [2.24, 2.45) is 7.05 Å². The second kappa shape index (κ2) is 2.55. The molecule has 1 saturated heterocycles. The van der Waals surface area contributed by atoms with Gasteiger partial charge in [0.15, 0.2) is 0 Å². The molecule has 0 saturated carbocycles. The third kappa shape index (κ3) is 1.22. The first-order chi connectivity index (χ1) is 5.70. The van der Waals surface area contributed by atoms with Gasteiger partial charge in [-0.05, 0) is 0 Å². The van der Waals surface area contributed by atoms with Gasteiger partial charge in [-0.25, -0.2) is 9.37 Å². The fraction of sp³-hybridized carbons (Fsp3) is 0.625. The Balaban J connectivity index is 2.08. The monoisotopic (exact) mass is 169 g/mol. The van der Waals surface area contributed by atoms with Crippen LogP contribution in [-0.2, 0) is 13.5 Å². The van der Waals surface area contributed by atoms with Crippen LogP contribution in [0.4, 0.5) is 4.39 Å². The molecule has 2 rings (SSSR count). The van der Waals surface area contributed by atoms with Crippen molar-refractivity contribution in [1.29, 1.82) is 0 Å². The molecule has 0 amide bonds. The van der Waals surface area contributed by atoms with Crippen molar-refractivity contribution < 1.29 is 4.39 Å². The Bertz CT molecular complexity index is 278. The largest absolute Gasteiger partial charge is 0.338 e. The average Bonchev–Trinajstić information content (AvgIpc) is 2.34. The van der Waals surface area contributed by atoms with Gasteiger partial charge in [-0.3, -0.25) is 0 Å². The highest BCUT2D eigenvalue weighted by molar-refractivity contribution is 5.04. The first-order valence-corrected chi connectivity index (χ1v) is 4.05. The molecule has 0 aliphatic carbocycles. The van der Waals surface area contributed by atoms with Gasteiger partial charge in [0, 0.05) is 39.0 Å². The molecule has 0 aromatic carbocycles. The highest BCUT2D eigenvalue weighted by Crippen LogP contribution is 2.20. The highest BCUT2D eigenvalue weighted by atomic mass is 19.1. The van der Waals surface area contributed by atoms with Gasteiger partial charge in [-0.2, -0.15) is 0 Å². The van der Waals surface area contributed by atoms with E-state index in [-0.39, 0.29) is 0 Å². The summed E-state index contributed by atoms with van der Waals surface area (Å²) in [5, 5.41) is 2.92. The number of nitrogens with zero attached hydrogens (tertiary/aromatic N) is 2. The van der Waals surface area contributed by atoms with Crippen molar-refractivity contribution >= 4 is 0 Å². The van der Waals surface area contributed by atoms with Crippen LogP contribution in [0.5, 0.6) is 0 Å². The van der Waals surface area contributed by atoms with E-state index in [4.69, 9.17) is 0 Å². The average molecular weight is 169 g/mol. The van der Waals surface area contributed by atoms with Crippen molar-refractivity contribution in [3.05, 3.63) is 18.2 Å². The Labute approximate surface area is 70.6 Å². The van der Waals surface area contributed by atoms with Crippen LogP contribution in [-0.4, -0.2) is 28.3 Å². The fourth-order valence-corrected chi connectivity index (χ4v) is 1.37. The summed E-state index contributed by atoms with van der Waals surface area (Å²) in [4.78, 5) is 4.08. The van der Waals surface area contributed by atoms with Crippen molar-refractivity contribution in [1.82, 2.24) is 14.9 Å². The predicted octanol–water partition coefficient (Wildman–Crippen LogP) is 0.274. The summed E-state index contributed by atoms with van der Waals surface area (Å²) in [5.74, 6) is 0.819. The predicted molar refractivity (Wildman–Crippen MR) is 43.6 cm³/mol. The lowest BCUT2D eigenvalue weighted by atomic mass is 9.95. The van der Waals surface area contributed by atoms with Gasteiger partial charge >= 0.3 is 0 Å². The van der Waals surface area contributed by atoms with Crippen LogP contribution in [0.25, 0.3) is 0 Å². The topological polar surface area (TPSA) is 29.9 Å². The minimum Gasteiger partial charge on any atom is -0.338 e. The lowest BCUT2D eigenvalue weighted by Gasteiger charge is -2.34. The molecule has 0 bridgehead atoms. The first-order valence-electron chi connectivity index (χ1n) is 4.05. The third-order valence-corrected chi connectivity index (χ3v) is 2.28. The van der Waals surface area contributed by atoms with Gasteiger partial charge in [0.1, 0.15) is 11.5 Å². The number of aryl methyl sites for hydroxylation is 1. The molecule has 3 nitrogen and oxygen atoms in total. The van der Waals surface area contributed by atoms with Gasteiger partial charge < -0.3 is 9.88 Å². The molecule has 0 spiro atoms. The van der Waals surface area contributed by atoms with Crippen LogP contribution in [0.15, 0.2) is 12.4 Å². The summed E-state index contributed by atoms with van der Waals surface area (Å²) in [6.07, 6.45) is 3.96. The number of hydrogen-bond donors (Lipinski definition) is 1. The summed E-state index contributed by atoms with van der Waals surface area (Å²) in [5.41, 5.74) is -1.06. The molecule has 1 aliphatic heterocycles. The Kier molecular flexibility index (Phi) is 1.65. The lowest BCUT2D eigenvalue weighted by molar-refractivity contribution is 0.0880. The molecule has 1 fully saturated rings. The molecule has 66 valence electrons. The summed E-state index contributed by atoms with van der Waals surface area (Å²) < 4.78 is 15.4. The van der Waals surface area contributed by atoms with Gasteiger partial charge in [0.25, 0.3) is 0 Å². The second-order valence-corrected chi connectivity index (χ2v) is 3.39. The van der Waals surface area contributed by atoms with Crippen molar-refractivity contribution in [2.75, 3.05) is 13.1 Å². The normalized spacial score (nSPS) is 20.5. The van der Waals surface area contributed by atoms with E-state index in [1.165, 1.54) is 0 Å². The second-order valence-electron chi connectivity index (χ2n) is 3.39. The van der Waals surface area contributed by atoms with Gasteiger partial charge in [-0.1, -0.05) is 0 Å². The molecule has 2 heterocycles. The van der Waals surface area contributed by atoms with E-state index in [2.05, 4.69) is 10.3 Å². The van der Waals surface area contributed by atoms with Gasteiger partial charge in [0.05, 0.1) is 0 Å². The first kappa shape index (κ1) is 7.73. The van der Waals surface area contributed by atoms with Crippen LogP contribution < -0.4 is 5.32 Å². The standard InChI is InChI=1S/C8H12FN3/c1-12-3-2-11-7(12)4-8(9)5-10-6-8/h2-3,10H,4-6H2,1H3. The maximum absolute atomic E-state index is 13.5. The fourth-order valence-electron chi connectivity index (χ4n) is 1.37. The number of imidazole rings is 1. The molecule has 12 heavy (non-hydrogen) atoms. The molecule has 1 aromatic rings. The van der Waals surface area contributed by atoms with Crippen LogP contribution >= 0.6 is 0 Å². The Hall–Kier alpha value is -0.900. The van der Waals surface area contributed by atoms with Crippen LogP contribution in [0, 0.1) is 0 Å².